The molecule has 2 aromatic heterocycles. The fraction of sp³-hybridized carbons (Fsp3) is 0.208. The van der Waals surface area contributed by atoms with E-state index in [2.05, 4.69) is 4.98 Å². The third-order valence-electron chi connectivity index (χ3n) is 9.98. The number of rotatable bonds is 6. The molecule has 0 aliphatic rings. The normalized spacial score (nSPS) is 17.5. The molecule has 4 heteroatoms. The second kappa shape index (κ2) is 14.4. The Morgan fingerprint density at radius 3 is 2.12 bits per heavy atom. The van der Waals surface area contributed by atoms with Crippen molar-refractivity contribution in [1.82, 2.24) is 14.5 Å². The van der Waals surface area contributed by atoms with Crippen molar-refractivity contribution in [3.05, 3.63) is 167 Å². The van der Waals surface area contributed by atoms with Crippen molar-refractivity contribution < 1.29 is 29.8 Å². The lowest BCUT2D eigenvalue weighted by atomic mass is 9.83. The summed E-state index contributed by atoms with van der Waals surface area (Å²) < 4.78 is 155. The van der Waals surface area contributed by atoms with Crippen LogP contribution in [0.5, 0.6) is 5.75 Å². The highest BCUT2D eigenvalue weighted by atomic mass is 16.3. The maximum absolute atomic E-state index is 11.8. The number of phenols is 1. The topological polar surface area (TPSA) is 50.9 Å². The number of phenolic OH excluding ortho intramolecular Hbond substituents is 1. The lowest BCUT2D eigenvalue weighted by Gasteiger charge is -2.22. The van der Waals surface area contributed by atoms with Crippen LogP contribution < -0.4 is 0 Å². The van der Waals surface area contributed by atoms with Gasteiger partial charge in [-0.05, 0) is 125 Å². The molecule has 0 bridgehead atoms. The van der Waals surface area contributed by atoms with Gasteiger partial charge in [0.05, 0.1) is 36.2 Å². The number of para-hydroxylation sites is 1. The van der Waals surface area contributed by atoms with Crippen molar-refractivity contribution in [2.45, 2.75) is 72.9 Å². The predicted molar refractivity (Wildman–Crippen MR) is 239 cm³/mol. The Morgan fingerprint density at radius 1 is 0.632 bits per heavy atom. The predicted octanol–water partition coefficient (Wildman–Crippen LogP) is 14.0. The number of fused-ring (bicyclic) bond motifs is 1. The van der Waals surface area contributed by atoms with E-state index in [9.17, 15) is 6.48 Å². The molecular weight excluding hydrogens is 695 g/mol. The first-order chi connectivity index (χ1) is 34.6. The summed E-state index contributed by atoms with van der Waals surface area (Å²) in [6.07, 6.45) is -0.473. The van der Waals surface area contributed by atoms with Crippen LogP contribution in [0.2, 0.25) is 0 Å². The lowest BCUT2D eigenvalue weighted by Crippen LogP contribution is -2.11. The van der Waals surface area contributed by atoms with Gasteiger partial charge in [-0.25, -0.2) is 4.98 Å². The monoisotopic (exact) mass is 764 g/mol. The zero-order chi connectivity index (χ0) is 55.4. The second-order valence-electron chi connectivity index (χ2n) is 15.3. The molecule has 8 rings (SSSR count). The fourth-order valence-corrected chi connectivity index (χ4v) is 7.08. The molecule has 57 heavy (non-hydrogen) atoms. The number of aryl methyl sites for hydroxylation is 3. The minimum absolute atomic E-state index is 0.0150. The molecule has 0 saturated carbocycles. The van der Waals surface area contributed by atoms with Gasteiger partial charge in [-0.3, -0.25) is 9.55 Å². The molecular formula is C53H51N3O. The van der Waals surface area contributed by atoms with Crippen LogP contribution in [-0.2, 0) is 10.8 Å². The third-order valence-corrected chi connectivity index (χ3v) is 9.98. The first kappa shape index (κ1) is 21.9. The van der Waals surface area contributed by atoms with Crippen LogP contribution in [0.4, 0.5) is 0 Å². The van der Waals surface area contributed by atoms with E-state index in [0.29, 0.717) is 50.4 Å². The summed E-state index contributed by atoms with van der Waals surface area (Å²) >= 11 is 0. The van der Waals surface area contributed by atoms with Crippen LogP contribution in [0.1, 0.15) is 93.8 Å². The van der Waals surface area contributed by atoms with Crippen LogP contribution in [0, 0.1) is 20.7 Å². The van der Waals surface area contributed by atoms with Crippen LogP contribution in [0.15, 0.2) is 140 Å². The van der Waals surface area contributed by atoms with Gasteiger partial charge in [0.15, 0.2) is 0 Å². The number of aromatic hydroxyl groups is 1. The highest BCUT2D eigenvalue weighted by Crippen LogP contribution is 2.43. The van der Waals surface area contributed by atoms with E-state index in [0.717, 1.165) is 22.8 Å². The summed E-state index contributed by atoms with van der Waals surface area (Å²) in [6, 6.07) is 24.8. The Balaban J connectivity index is 1.42. The van der Waals surface area contributed by atoms with E-state index >= 15 is 0 Å². The number of pyridine rings is 1. The number of aromatic nitrogens is 3. The molecule has 0 aliphatic carbocycles. The van der Waals surface area contributed by atoms with E-state index in [4.69, 9.17) is 28.3 Å². The molecule has 1 N–H and O–H groups in total. The largest absolute Gasteiger partial charge is 0.507 e. The van der Waals surface area contributed by atoms with Gasteiger partial charge in [0.1, 0.15) is 11.6 Å². The molecule has 0 radical (unpaired) electrons. The Hall–Kier alpha value is -6.26. The highest BCUT2D eigenvalue weighted by molar-refractivity contribution is 5.98. The van der Waals surface area contributed by atoms with Gasteiger partial charge in [-0.1, -0.05) is 132 Å². The molecule has 2 heterocycles. The molecule has 0 spiro atoms. The second-order valence-corrected chi connectivity index (χ2v) is 15.3. The molecule has 0 saturated heterocycles. The Kier molecular flexibility index (Phi) is 5.51. The molecule has 0 aliphatic heterocycles. The van der Waals surface area contributed by atoms with E-state index in [1.54, 1.807) is 37.3 Å². The standard InChI is InChI=1S/C53H51N3O/c1-33-18-23-47(44(27-33)37-14-11-10-12-15-37)56-48-17-13-16-43(49(48)55-51(56)45-28-34(2)26-35(3)50(45)57)39-29-40(31-42(30-39)53(7,8)9)46-32-38(24-25-54-46)36-19-21-41(22-20-36)52(4,5)6/h10-32,57H,1-9H3/i1D3,4D3,5D3,6D3,19D,20D,21D,22D,25D,32D. The van der Waals surface area contributed by atoms with E-state index < -0.39 is 85.7 Å². The van der Waals surface area contributed by atoms with Gasteiger partial charge >= 0.3 is 0 Å². The average molecular weight is 764 g/mol. The maximum Gasteiger partial charge on any atom is 0.149 e. The van der Waals surface area contributed by atoms with Gasteiger partial charge < -0.3 is 5.11 Å². The van der Waals surface area contributed by atoms with E-state index in [1.165, 1.54) is 0 Å². The van der Waals surface area contributed by atoms with Crippen LogP contribution in [0.3, 0.4) is 0 Å². The van der Waals surface area contributed by atoms with Crippen molar-refractivity contribution in [1.29, 1.82) is 0 Å². The summed E-state index contributed by atoms with van der Waals surface area (Å²) in [5.74, 6) is 0.327. The van der Waals surface area contributed by atoms with Gasteiger partial charge in [0.25, 0.3) is 0 Å². The molecule has 8 aromatic rings. The third kappa shape index (κ3) is 7.29. The highest BCUT2D eigenvalue weighted by Gasteiger charge is 2.24. The van der Waals surface area contributed by atoms with E-state index in [1.807, 2.05) is 99.0 Å². The minimum atomic E-state index is -3.90. The molecule has 6 aromatic carbocycles. The number of imidazole rings is 1. The van der Waals surface area contributed by atoms with E-state index in [-0.39, 0.29) is 28.1 Å². The Labute approximate surface area is 362 Å². The molecule has 0 atom stereocenters. The molecule has 4 nitrogen and oxygen atoms in total. The van der Waals surface area contributed by atoms with Gasteiger partial charge in [-0.15, -0.1) is 0 Å². The number of nitrogens with zero attached hydrogens (tertiary/aromatic N) is 3. The van der Waals surface area contributed by atoms with Crippen LogP contribution in [0.25, 0.3) is 72.7 Å². The Bertz CT molecular complexity index is 3520. The average Bonchev–Trinajstić information content (AvgIpc) is 3.69. The molecule has 0 unspecified atom stereocenters. The summed E-state index contributed by atoms with van der Waals surface area (Å²) in [7, 11) is 0. The fourth-order valence-electron chi connectivity index (χ4n) is 7.08. The summed E-state index contributed by atoms with van der Waals surface area (Å²) in [6.45, 7) is -4.55. The van der Waals surface area contributed by atoms with Gasteiger partial charge in [0, 0.05) is 39.3 Å². The molecule has 284 valence electrons. The number of hydrogen-bond acceptors (Lipinski definition) is 3. The summed E-state index contributed by atoms with van der Waals surface area (Å²) in [5.41, 5.74) is 0.134. The molecule has 0 amide bonds. The SMILES string of the molecule is [2H]c1cc(-c2c([2H])c([2H])c(C(C([2H])([2H])[2H])(C([2H])([2H])[2H])C([2H])([2H])[2H])c([2H])c2[2H])c([2H])c(-c2cc(-c3cccc4c3nc(-c3cc(C)cc(C)c3O)n4-c3ccc(C([2H])([2H])[2H])cc3-c3ccccc3)cc(C(C)(C)C)c2)n1. The first-order valence-electron chi connectivity index (χ1n) is 27.4. The first-order valence-corrected chi connectivity index (χ1v) is 18.4. The van der Waals surface area contributed by atoms with Crippen molar-refractivity contribution >= 4 is 11.0 Å². The van der Waals surface area contributed by atoms with Gasteiger partial charge in [-0.2, -0.15) is 0 Å². The van der Waals surface area contributed by atoms with Crippen molar-refractivity contribution in [2.75, 3.05) is 0 Å². The minimum Gasteiger partial charge on any atom is -0.507 e. The smallest absolute Gasteiger partial charge is 0.149 e. The van der Waals surface area contributed by atoms with Crippen molar-refractivity contribution in [3.8, 4) is 67.5 Å². The number of benzene rings is 6. The number of hydrogen-bond donors (Lipinski definition) is 1. The Morgan fingerprint density at radius 2 is 1.39 bits per heavy atom. The zero-order valence-corrected chi connectivity index (χ0v) is 32.1. The maximum atomic E-state index is 11.8. The van der Waals surface area contributed by atoms with Gasteiger partial charge in [0.2, 0.25) is 0 Å². The lowest BCUT2D eigenvalue weighted by molar-refractivity contribution is 0.472. The van der Waals surface area contributed by atoms with Crippen LogP contribution in [-0.4, -0.2) is 19.6 Å². The summed E-state index contributed by atoms with van der Waals surface area (Å²) in [5, 5.41) is 11.8. The zero-order valence-electron chi connectivity index (χ0n) is 50.1. The van der Waals surface area contributed by atoms with Crippen LogP contribution >= 0.6 is 0 Å². The van der Waals surface area contributed by atoms with Crippen molar-refractivity contribution in [3.63, 3.8) is 0 Å². The summed E-state index contributed by atoms with van der Waals surface area (Å²) in [4.78, 5) is 9.74. The van der Waals surface area contributed by atoms with Crippen molar-refractivity contribution in [2.24, 2.45) is 0 Å². The molecule has 0 fully saturated rings. The quantitative estimate of drug-likeness (QED) is 0.183.